The third kappa shape index (κ3) is 5.00. The maximum Gasteiger partial charge on any atom is 0.226 e. The van der Waals surface area contributed by atoms with E-state index in [4.69, 9.17) is 0 Å². The molecule has 0 atom stereocenters. The van der Waals surface area contributed by atoms with Crippen LogP contribution in [0.15, 0.2) is 67.0 Å². The van der Waals surface area contributed by atoms with Crippen LogP contribution in [0.4, 0.5) is 0 Å². The lowest BCUT2D eigenvalue weighted by Crippen LogP contribution is -2.49. The van der Waals surface area contributed by atoms with Gasteiger partial charge >= 0.3 is 0 Å². The Morgan fingerprint density at radius 2 is 1.84 bits per heavy atom. The largest absolute Gasteiger partial charge is 0.359 e. The van der Waals surface area contributed by atoms with E-state index in [1.54, 1.807) is 13.2 Å². The zero-order valence-corrected chi connectivity index (χ0v) is 18.3. The Bertz CT molecular complexity index is 1030. The summed E-state index contributed by atoms with van der Waals surface area (Å²) in [6.45, 7) is 4.65. The molecule has 0 radical (unpaired) electrons. The van der Waals surface area contributed by atoms with E-state index in [-0.39, 0.29) is 11.3 Å². The van der Waals surface area contributed by atoms with Crippen LogP contribution in [0, 0.1) is 12.3 Å². The van der Waals surface area contributed by atoms with Gasteiger partial charge in [-0.15, -0.1) is 0 Å². The third-order valence-electron chi connectivity index (χ3n) is 6.32. The zero-order valence-electron chi connectivity index (χ0n) is 18.3. The minimum Gasteiger partial charge on any atom is -0.359 e. The first kappa shape index (κ1) is 21.2. The van der Waals surface area contributed by atoms with E-state index in [2.05, 4.69) is 62.6 Å². The Morgan fingerprint density at radius 1 is 1.06 bits per heavy atom. The summed E-state index contributed by atoms with van der Waals surface area (Å²) in [6.07, 6.45) is 6.10. The third-order valence-corrected chi connectivity index (χ3v) is 6.32. The van der Waals surface area contributed by atoms with E-state index in [9.17, 15) is 4.79 Å². The summed E-state index contributed by atoms with van der Waals surface area (Å²) in [5.41, 5.74) is 5.19. The first-order valence-corrected chi connectivity index (χ1v) is 10.9. The minimum absolute atomic E-state index is 0.146. The first-order valence-electron chi connectivity index (χ1n) is 10.9. The molecule has 160 valence electrons. The molecule has 1 aliphatic heterocycles. The van der Waals surface area contributed by atoms with E-state index in [0.29, 0.717) is 0 Å². The SMILES string of the molecule is CNC(=O)C1(Cc2cccc(-c3cccnc3)c2)CCN(Cc2cccc(C)n2)CC1. The van der Waals surface area contributed by atoms with Crippen molar-refractivity contribution in [3.8, 4) is 11.1 Å². The van der Waals surface area contributed by atoms with Gasteiger partial charge in [-0.3, -0.25) is 19.7 Å². The summed E-state index contributed by atoms with van der Waals surface area (Å²) in [7, 11) is 1.75. The number of hydrogen-bond acceptors (Lipinski definition) is 4. The number of carbonyl (C=O) groups excluding carboxylic acids is 1. The minimum atomic E-state index is -0.376. The van der Waals surface area contributed by atoms with Gasteiger partial charge in [0.25, 0.3) is 0 Å². The lowest BCUT2D eigenvalue weighted by molar-refractivity contribution is -0.133. The molecular weight excluding hydrogens is 384 g/mol. The van der Waals surface area contributed by atoms with Crippen molar-refractivity contribution in [1.29, 1.82) is 0 Å². The molecule has 0 saturated carbocycles. The molecule has 0 unspecified atom stereocenters. The summed E-state index contributed by atoms with van der Waals surface area (Å²) in [5, 5.41) is 2.93. The van der Waals surface area contributed by atoms with E-state index < -0.39 is 0 Å². The molecule has 1 fully saturated rings. The van der Waals surface area contributed by atoms with Gasteiger partial charge in [0.15, 0.2) is 0 Å². The molecule has 1 saturated heterocycles. The summed E-state index contributed by atoms with van der Waals surface area (Å²) < 4.78 is 0. The molecule has 3 heterocycles. The van der Waals surface area contributed by atoms with Gasteiger partial charge in [0, 0.05) is 31.7 Å². The van der Waals surface area contributed by atoms with E-state index >= 15 is 0 Å². The number of pyridine rings is 2. The topological polar surface area (TPSA) is 58.1 Å². The van der Waals surface area contributed by atoms with Crippen LogP contribution in [0.25, 0.3) is 11.1 Å². The number of nitrogens with zero attached hydrogens (tertiary/aromatic N) is 3. The van der Waals surface area contributed by atoms with Crippen LogP contribution in [0.5, 0.6) is 0 Å². The number of rotatable bonds is 6. The smallest absolute Gasteiger partial charge is 0.226 e. The van der Waals surface area contributed by atoms with E-state index in [1.165, 1.54) is 5.56 Å². The Morgan fingerprint density at radius 3 is 2.55 bits per heavy atom. The highest BCUT2D eigenvalue weighted by Gasteiger charge is 2.40. The van der Waals surface area contributed by atoms with Gasteiger partial charge in [-0.2, -0.15) is 0 Å². The van der Waals surface area contributed by atoms with Gasteiger partial charge in [-0.05, 0) is 74.2 Å². The number of benzene rings is 1. The normalized spacial score (nSPS) is 16.1. The summed E-state index contributed by atoms with van der Waals surface area (Å²) in [4.78, 5) is 24.3. The van der Waals surface area contributed by atoms with E-state index in [1.807, 2.05) is 25.3 Å². The van der Waals surface area contributed by atoms with Crippen molar-refractivity contribution in [3.63, 3.8) is 0 Å². The molecule has 0 spiro atoms. The fourth-order valence-corrected chi connectivity index (χ4v) is 4.59. The highest BCUT2D eigenvalue weighted by Crippen LogP contribution is 2.36. The predicted octanol–water partition coefficient (Wildman–Crippen LogP) is 4.02. The Kier molecular flexibility index (Phi) is 6.42. The fraction of sp³-hybridized carbons (Fsp3) is 0.346. The lowest BCUT2D eigenvalue weighted by Gasteiger charge is -2.40. The molecule has 5 heteroatoms. The van der Waals surface area contributed by atoms with Gasteiger partial charge in [0.05, 0.1) is 11.1 Å². The van der Waals surface area contributed by atoms with Gasteiger partial charge in [0.2, 0.25) is 5.91 Å². The second kappa shape index (κ2) is 9.40. The number of nitrogens with one attached hydrogen (secondary N) is 1. The molecule has 1 amide bonds. The molecule has 2 aromatic heterocycles. The first-order chi connectivity index (χ1) is 15.1. The Balaban J connectivity index is 1.49. The van der Waals surface area contributed by atoms with Gasteiger partial charge in [-0.1, -0.05) is 36.4 Å². The number of carbonyl (C=O) groups is 1. The van der Waals surface area contributed by atoms with Gasteiger partial charge in [0.1, 0.15) is 0 Å². The average molecular weight is 415 g/mol. The Hall–Kier alpha value is -3.05. The number of likely N-dealkylation sites (tertiary alicyclic amines) is 1. The van der Waals surface area contributed by atoms with Crippen molar-refractivity contribution in [3.05, 3.63) is 83.9 Å². The monoisotopic (exact) mass is 414 g/mol. The molecule has 4 rings (SSSR count). The summed E-state index contributed by atoms with van der Waals surface area (Å²) in [6, 6.07) is 18.7. The summed E-state index contributed by atoms with van der Waals surface area (Å²) in [5.74, 6) is 0.146. The van der Waals surface area contributed by atoms with Crippen LogP contribution in [0.3, 0.4) is 0 Å². The molecule has 0 bridgehead atoms. The van der Waals surface area contributed by atoms with Crippen LogP contribution in [-0.2, 0) is 17.8 Å². The van der Waals surface area contributed by atoms with Crippen LogP contribution in [0.1, 0.15) is 29.8 Å². The molecule has 5 nitrogen and oxygen atoms in total. The maximum absolute atomic E-state index is 13.0. The number of amides is 1. The van der Waals surface area contributed by atoms with Crippen molar-refractivity contribution in [1.82, 2.24) is 20.2 Å². The number of piperidine rings is 1. The molecule has 1 N–H and O–H groups in total. The second-order valence-corrected chi connectivity index (χ2v) is 8.52. The molecular formula is C26H30N4O. The number of aryl methyl sites for hydroxylation is 1. The van der Waals surface area contributed by atoms with Crippen molar-refractivity contribution >= 4 is 5.91 Å². The maximum atomic E-state index is 13.0. The van der Waals surface area contributed by atoms with Crippen LogP contribution >= 0.6 is 0 Å². The highest BCUT2D eigenvalue weighted by molar-refractivity contribution is 5.83. The standard InChI is InChI=1S/C26H30N4O/c1-20-6-3-10-24(29-20)19-30-14-11-26(12-15-30,25(31)27-2)17-21-7-4-8-22(16-21)23-9-5-13-28-18-23/h3-10,13,16,18H,11-12,14-15,17,19H2,1-2H3,(H,27,31). The average Bonchev–Trinajstić information content (AvgIpc) is 2.81. The van der Waals surface area contributed by atoms with Crippen LogP contribution in [-0.4, -0.2) is 40.9 Å². The van der Waals surface area contributed by atoms with Crippen molar-refractivity contribution in [2.24, 2.45) is 5.41 Å². The lowest BCUT2D eigenvalue weighted by atomic mass is 9.72. The fourth-order valence-electron chi connectivity index (χ4n) is 4.59. The van der Waals surface area contributed by atoms with Crippen molar-refractivity contribution in [2.75, 3.05) is 20.1 Å². The molecule has 3 aromatic rings. The summed E-state index contributed by atoms with van der Waals surface area (Å²) >= 11 is 0. The number of aromatic nitrogens is 2. The van der Waals surface area contributed by atoms with Crippen molar-refractivity contribution in [2.45, 2.75) is 32.7 Å². The molecule has 31 heavy (non-hydrogen) atoms. The zero-order chi connectivity index (χ0) is 21.7. The van der Waals surface area contributed by atoms with Crippen LogP contribution in [0.2, 0.25) is 0 Å². The highest BCUT2D eigenvalue weighted by atomic mass is 16.2. The predicted molar refractivity (Wildman–Crippen MR) is 123 cm³/mol. The number of hydrogen-bond donors (Lipinski definition) is 1. The quantitative estimate of drug-likeness (QED) is 0.662. The molecule has 1 aliphatic rings. The van der Waals surface area contributed by atoms with E-state index in [0.717, 1.165) is 61.4 Å². The molecule has 1 aromatic carbocycles. The van der Waals surface area contributed by atoms with Crippen molar-refractivity contribution < 1.29 is 4.79 Å². The van der Waals surface area contributed by atoms with Gasteiger partial charge in [-0.25, -0.2) is 0 Å². The van der Waals surface area contributed by atoms with Crippen LogP contribution < -0.4 is 5.32 Å². The Labute approximate surface area is 184 Å². The molecule has 0 aliphatic carbocycles. The second-order valence-electron chi connectivity index (χ2n) is 8.52. The van der Waals surface area contributed by atoms with Gasteiger partial charge < -0.3 is 5.32 Å².